The fraction of sp³-hybridized carbons (Fsp3) is 0.0909. The van der Waals surface area contributed by atoms with Crippen molar-refractivity contribution in [1.82, 2.24) is 10.2 Å². The van der Waals surface area contributed by atoms with E-state index >= 15 is 0 Å². The molecule has 6 heteroatoms. The Bertz CT molecular complexity index is 564. The van der Waals surface area contributed by atoms with Crippen LogP contribution in [0.4, 0.5) is 15.8 Å². The fourth-order valence-electron chi connectivity index (χ4n) is 1.38. The van der Waals surface area contributed by atoms with Crippen LogP contribution in [0.25, 0.3) is 0 Å². The van der Waals surface area contributed by atoms with E-state index in [2.05, 4.69) is 15.5 Å². The van der Waals surface area contributed by atoms with Crippen LogP contribution in [0, 0.1) is 12.7 Å². The standard InChI is InChI=1S/C11H11FN4O/c1-6-8(5-14-16-6)11(17)15-7-2-3-10(13)9(12)4-7/h2-5H,13H2,1H3,(H,14,16)(H,15,17). The Kier molecular flexibility index (Phi) is 2.78. The second-order valence-corrected chi connectivity index (χ2v) is 3.60. The summed E-state index contributed by atoms with van der Waals surface area (Å²) >= 11 is 0. The number of nitrogens with one attached hydrogen (secondary N) is 2. The molecule has 0 aliphatic carbocycles. The minimum atomic E-state index is -0.563. The second kappa shape index (κ2) is 4.25. The molecule has 5 nitrogen and oxygen atoms in total. The Morgan fingerprint density at radius 1 is 1.53 bits per heavy atom. The Morgan fingerprint density at radius 3 is 2.88 bits per heavy atom. The number of nitrogens with two attached hydrogens (primary N) is 1. The van der Waals surface area contributed by atoms with Crippen LogP contribution in [0.5, 0.6) is 0 Å². The molecule has 0 fully saturated rings. The molecule has 88 valence electrons. The molecule has 0 unspecified atom stereocenters. The number of benzene rings is 1. The van der Waals surface area contributed by atoms with Crippen LogP contribution in [-0.2, 0) is 0 Å². The molecular weight excluding hydrogens is 223 g/mol. The number of amides is 1. The summed E-state index contributed by atoms with van der Waals surface area (Å²) in [7, 11) is 0. The quantitative estimate of drug-likeness (QED) is 0.691. The molecule has 0 bridgehead atoms. The number of aryl methyl sites for hydroxylation is 1. The smallest absolute Gasteiger partial charge is 0.259 e. The van der Waals surface area contributed by atoms with Gasteiger partial charge in [-0.05, 0) is 25.1 Å². The maximum absolute atomic E-state index is 13.2. The number of H-pyrrole nitrogens is 1. The molecule has 4 N–H and O–H groups in total. The molecule has 0 saturated heterocycles. The maximum Gasteiger partial charge on any atom is 0.259 e. The zero-order valence-electron chi connectivity index (χ0n) is 9.12. The van der Waals surface area contributed by atoms with E-state index in [0.717, 1.165) is 0 Å². The highest BCUT2D eigenvalue weighted by Crippen LogP contribution is 2.17. The van der Waals surface area contributed by atoms with E-state index in [1.54, 1.807) is 6.92 Å². The topological polar surface area (TPSA) is 83.8 Å². The van der Waals surface area contributed by atoms with Gasteiger partial charge >= 0.3 is 0 Å². The Labute approximate surface area is 96.8 Å². The van der Waals surface area contributed by atoms with Gasteiger partial charge in [0, 0.05) is 11.4 Å². The highest BCUT2D eigenvalue weighted by molar-refractivity contribution is 6.04. The molecular formula is C11H11FN4O. The van der Waals surface area contributed by atoms with Gasteiger partial charge in [0.25, 0.3) is 5.91 Å². The molecule has 0 aliphatic heterocycles. The van der Waals surface area contributed by atoms with Crippen LogP contribution in [-0.4, -0.2) is 16.1 Å². The van der Waals surface area contributed by atoms with Gasteiger partial charge in [-0.3, -0.25) is 9.89 Å². The van der Waals surface area contributed by atoms with Crippen molar-refractivity contribution in [2.24, 2.45) is 0 Å². The number of aromatic amines is 1. The number of nitrogens with zero attached hydrogens (tertiary/aromatic N) is 1. The van der Waals surface area contributed by atoms with E-state index in [9.17, 15) is 9.18 Å². The Hall–Kier alpha value is -2.37. The first-order valence-electron chi connectivity index (χ1n) is 4.94. The fourth-order valence-corrected chi connectivity index (χ4v) is 1.38. The van der Waals surface area contributed by atoms with E-state index < -0.39 is 5.82 Å². The molecule has 0 aliphatic rings. The van der Waals surface area contributed by atoms with Crippen molar-refractivity contribution in [2.45, 2.75) is 6.92 Å². The highest BCUT2D eigenvalue weighted by Gasteiger charge is 2.11. The maximum atomic E-state index is 13.2. The summed E-state index contributed by atoms with van der Waals surface area (Å²) in [4.78, 5) is 11.8. The van der Waals surface area contributed by atoms with Crippen molar-refractivity contribution in [3.63, 3.8) is 0 Å². The third kappa shape index (κ3) is 2.25. The van der Waals surface area contributed by atoms with Gasteiger partial charge in [-0.2, -0.15) is 5.10 Å². The first kappa shape index (κ1) is 11.1. The molecule has 0 saturated carbocycles. The number of anilines is 2. The zero-order valence-corrected chi connectivity index (χ0v) is 9.12. The number of nitrogen functional groups attached to an aromatic ring is 1. The molecule has 17 heavy (non-hydrogen) atoms. The number of halogens is 1. The summed E-state index contributed by atoms with van der Waals surface area (Å²) in [6, 6.07) is 4.10. The van der Waals surface area contributed by atoms with Gasteiger partial charge in [-0.1, -0.05) is 0 Å². The van der Waals surface area contributed by atoms with Crippen LogP contribution in [0.3, 0.4) is 0 Å². The van der Waals surface area contributed by atoms with Crippen LogP contribution in [0.15, 0.2) is 24.4 Å². The lowest BCUT2D eigenvalue weighted by Gasteiger charge is -2.05. The van der Waals surface area contributed by atoms with E-state index in [0.29, 0.717) is 16.9 Å². The Morgan fingerprint density at radius 2 is 2.29 bits per heavy atom. The number of carbonyl (C=O) groups excluding carboxylic acids is 1. The van der Waals surface area contributed by atoms with Crippen molar-refractivity contribution >= 4 is 17.3 Å². The summed E-state index contributed by atoms with van der Waals surface area (Å²) in [5, 5.41) is 8.95. The molecule has 0 atom stereocenters. The minimum Gasteiger partial charge on any atom is -0.396 e. The van der Waals surface area contributed by atoms with Gasteiger partial charge in [0.05, 0.1) is 17.4 Å². The first-order chi connectivity index (χ1) is 8.08. The average molecular weight is 234 g/mol. The lowest BCUT2D eigenvalue weighted by Crippen LogP contribution is -2.12. The van der Waals surface area contributed by atoms with Crippen molar-refractivity contribution in [3.8, 4) is 0 Å². The Balaban J connectivity index is 2.19. The lowest BCUT2D eigenvalue weighted by atomic mass is 10.2. The van der Waals surface area contributed by atoms with Gasteiger partial charge < -0.3 is 11.1 Å². The number of hydrogen-bond acceptors (Lipinski definition) is 3. The van der Waals surface area contributed by atoms with Crippen LogP contribution >= 0.6 is 0 Å². The summed E-state index contributed by atoms with van der Waals surface area (Å²) in [5.74, 6) is -0.910. The van der Waals surface area contributed by atoms with Crippen molar-refractivity contribution in [2.75, 3.05) is 11.1 Å². The molecule has 2 rings (SSSR count). The van der Waals surface area contributed by atoms with E-state index in [-0.39, 0.29) is 11.6 Å². The summed E-state index contributed by atoms with van der Waals surface area (Å²) < 4.78 is 13.2. The molecule has 1 aromatic carbocycles. The number of carbonyl (C=O) groups is 1. The predicted octanol–water partition coefficient (Wildman–Crippen LogP) is 1.69. The van der Waals surface area contributed by atoms with Crippen LogP contribution < -0.4 is 11.1 Å². The van der Waals surface area contributed by atoms with Gasteiger partial charge in [-0.15, -0.1) is 0 Å². The predicted molar refractivity (Wildman–Crippen MR) is 62.1 cm³/mol. The molecule has 0 spiro atoms. The van der Waals surface area contributed by atoms with E-state index in [1.165, 1.54) is 24.4 Å². The van der Waals surface area contributed by atoms with Crippen LogP contribution in [0.2, 0.25) is 0 Å². The van der Waals surface area contributed by atoms with E-state index in [1.807, 2.05) is 0 Å². The SMILES string of the molecule is Cc1[nH]ncc1C(=O)Nc1ccc(N)c(F)c1. The third-order valence-electron chi connectivity index (χ3n) is 2.33. The number of aromatic nitrogens is 2. The zero-order chi connectivity index (χ0) is 12.4. The van der Waals surface area contributed by atoms with E-state index in [4.69, 9.17) is 5.73 Å². The van der Waals surface area contributed by atoms with Gasteiger partial charge in [0.15, 0.2) is 0 Å². The highest BCUT2D eigenvalue weighted by atomic mass is 19.1. The molecule has 1 aromatic heterocycles. The lowest BCUT2D eigenvalue weighted by molar-refractivity contribution is 0.102. The largest absolute Gasteiger partial charge is 0.396 e. The minimum absolute atomic E-state index is 0.0440. The summed E-state index contributed by atoms with van der Waals surface area (Å²) in [5.41, 5.74) is 6.80. The van der Waals surface area contributed by atoms with Crippen molar-refractivity contribution in [3.05, 3.63) is 41.5 Å². The van der Waals surface area contributed by atoms with Gasteiger partial charge in [-0.25, -0.2) is 4.39 Å². The van der Waals surface area contributed by atoms with Gasteiger partial charge in [0.2, 0.25) is 0 Å². The number of rotatable bonds is 2. The average Bonchev–Trinajstić information content (AvgIpc) is 2.70. The normalized spacial score (nSPS) is 10.2. The molecule has 1 amide bonds. The molecule has 1 heterocycles. The molecule has 0 radical (unpaired) electrons. The summed E-state index contributed by atoms with van der Waals surface area (Å²) in [6.07, 6.45) is 1.42. The summed E-state index contributed by atoms with van der Waals surface area (Å²) in [6.45, 7) is 1.73. The first-order valence-corrected chi connectivity index (χ1v) is 4.94. The van der Waals surface area contributed by atoms with Crippen molar-refractivity contribution < 1.29 is 9.18 Å². The third-order valence-corrected chi connectivity index (χ3v) is 2.33. The van der Waals surface area contributed by atoms with Crippen molar-refractivity contribution in [1.29, 1.82) is 0 Å². The number of hydrogen-bond donors (Lipinski definition) is 3. The second-order valence-electron chi connectivity index (χ2n) is 3.60. The monoisotopic (exact) mass is 234 g/mol. The molecule has 2 aromatic rings. The van der Waals surface area contributed by atoms with Crippen LogP contribution in [0.1, 0.15) is 16.1 Å². The van der Waals surface area contributed by atoms with Gasteiger partial charge in [0.1, 0.15) is 5.82 Å².